The highest BCUT2D eigenvalue weighted by Gasteiger charge is 2.48. The lowest BCUT2D eigenvalue weighted by molar-refractivity contribution is -0.169. The van der Waals surface area contributed by atoms with Gasteiger partial charge in [0.15, 0.2) is 5.60 Å². The molecule has 1 N–H and O–H groups in total. The molecule has 0 aromatic carbocycles. The maximum Gasteiger partial charge on any atom is 0.336 e. The molecule has 1 aliphatic carbocycles. The van der Waals surface area contributed by atoms with Crippen molar-refractivity contribution < 1.29 is 14.6 Å². The number of rotatable bonds is 3. The fourth-order valence-electron chi connectivity index (χ4n) is 2.76. The Morgan fingerprint density at radius 2 is 2.18 bits per heavy atom. The molecule has 0 radical (unpaired) electrons. The molecule has 1 heterocycles. The SMILES string of the molecule is COC1(C(=O)O)CCCCC1c1ccncc1. The summed E-state index contributed by atoms with van der Waals surface area (Å²) in [5, 5.41) is 9.48. The van der Waals surface area contributed by atoms with E-state index in [1.807, 2.05) is 12.1 Å². The molecular formula is C13H17NO3. The smallest absolute Gasteiger partial charge is 0.336 e. The molecule has 4 heteroatoms. The Hall–Kier alpha value is -1.42. The summed E-state index contributed by atoms with van der Waals surface area (Å²) in [4.78, 5) is 15.5. The van der Waals surface area contributed by atoms with Gasteiger partial charge in [0.1, 0.15) is 0 Å². The highest BCUT2D eigenvalue weighted by atomic mass is 16.5. The fourth-order valence-corrected chi connectivity index (χ4v) is 2.76. The first-order valence-corrected chi connectivity index (χ1v) is 5.89. The maximum atomic E-state index is 11.6. The Labute approximate surface area is 101 Å². The van der Waals surface area contributed by atoms with Gasteiger partial charge in [0.2, 0.25) is 0 Å². The van der Waals surface area contributed by atoms with Crippen LogP contribution in [0.1, 0.15) is 37.2 Å². The highest BCUT2D eigenvalue weighted by molar-refractivity contribution is 5.79. The van der Waals surface area contributed by atoms with Gasteiger partial charge < -0.3 is 9.84 Å². The van der Waals surface area contributed by atoms with E-state index >= 15 is 0 Å². The van der Waals surface area contributed by atoms with Gasteiger partial charge in [-0.05, 0) is 37.0 Å². The molecular weight excluding hydrogens is 218 g/mol. The topological polar surface area (TPSA) is 59.4 Å². The van der Waals surface area contributed by atoms with Crippen molar-refractivity contribution in [2.75, 3.05) is 7.11 Å². The molecule has 0 aliphatic heterocycles. The molecule has 2 rings (SSSR count). The van der Waals surface area contributed by atoms with Gasteiger partial charge in [-0.2, -0.15) is 0 Å². The number of aliphatic carboxylic acids is 1. The molecule has 0 spiro atoms. The Kier molecular flexibility index (Phi) is 3.43. The van der Waals surface area contributed by atoms with E-state index in [4.69, 9.17) is 4.74 Å². The minimum atomic E-state index is -1.07. The predicted molar refractivity (Wildman–Crippen MR) is 62.8 cm³/mol. The minimum Gasteiger partial charge on any atom is -0.479 e. The number of aromatic nitrogens is 1. The van der Waals surface area contributed by atoms with E-state index < -0.39 is 11.6 Å². The molecule has 2 unspecified atom stereocenters. The number of hydrogen-bond donors (Lipinski definition) is 1. The average Bonchev–Trinajstić information content (AvgIpc) is 2.39. The van der Waals surface area contributed by atoms with Gasteiger partial charge in [-0.25, -0.2) is 4.79 Å². The van der Waals surface area contributed by atoms with Gasteiger partial charge in [-0.1, -0.05) is 6.42 Å². The Morgan fingerprint density at radius 1 is 1.47 bits per heavy atom. The van der Waals surface area contributed by atoms with Crippen molar-refractivity contribution in [2.45, 2.75) is 37.2 Å². The van der Waals surface area contributed by atoms with Crippen molar-refractivity contribution in [1.29, 1.82) is 0 Å². The van der Waals surface area contributed by atoms with Gasteiger partial charge in [0, 0.05) is 25.4 Å². The van der Waals surface area contributed by atoms with Crippen molar-refractivity contribution >= 4 is 5.97 Å². The number of ether oxygens (including phenoxy) is 1. The van der Waals surface area contributed by atoms with Crippen LogP contribution in [0.2, 0.25) is 0 Å². The number of carboxylic acids is 1. The number of nitrogens with zero attached hydrogens (tertiary/aromatic N) is 1. The molecule has 1 aromatic heterocycles. The quantitative estimate of drug-likeness (QED) is 0.872. The first-order chi connectivity index (χ1) is 8.20. The number of carboxylic acid groups (broad SMARTS) is 1. The van der Waals surface area contributed by atoms with Crippen molar-refractivity contribution in [2.24, 2.45) is 0 Å². The zero-order valence-corrected chi connectivity index (χ0v) is 9.93. The van der Waals surface area contributed by atoms with E-state index in [2.05, 4.69) is 4.98 Å². The monoisotopic (exact) mass is 235 g/mol. The van der Waals surface area contributed by atoms with Crippen LogP contribution in [0, 0.1) is 0 Å². The molecule has 4 nitrogen and oxygen atoms in total. The Bertz CT molecular complexity index is 393. The van der Waals surface area contributed by atoms with E-state index in [1.165, 1.54) is 7.11 Å². The number of methoxy groups -OCH3 is 1. The third-order valence-corrected chi connectivity index (χ3v) is 3.69. The molecule has 0 bridgehead atoms. The second-order valence-electron chi connectivity index (χ2n) is 4.48. The van der Waals surface area contributed by atoms with E-state index in [-0.39, 0.29) is 5.92 Å². The molecule has 92 valence electrons. The molecule has 0 amide bonds. The van der Waals surface area contributed by atoms with Crippen molar-refractivity contribution in [3.63, 3.8) is 0 Å². The summed E-state index contributed by atoms with van der Waals surface area (Å²) in [5.74, 6) is -0.941. The van der Waals surface area contributed by atoms with Crippen LogP contribution in [0.3, 0.4) is 0 Å². The van der Waals surface area contributed by atoms with Gasteiger partial charge in [0.05, 0.1) is 0 Å². The average molecular weight is 235 g/mol. The van der Waals surface area contributed by atoms with Crippen LogP contribution in [0.15, 0.2) is 24.5 Å². The summed E-state index contributed by atoms with van der Waals surface area (Å²) in [7, 11) is 1.49. The van der Waals surface area contributed by atoms with Crippen LogP contribution in [-0.2, 0) is 9.53 Å². The molecule has 17 heavy (non-hydrogen) atoms. The lowest BCUT2D eigenvalue weighted by Crippen LogP contribution is -2.48. The van der Waals surface area contributed by atoms with Crippen LogP contribution in [0.4, 0.5) is 0 Å². The first kappa shape index (κ1) is 12.0. The number of hydrogen-bond acceptors (Lipinski definition) is 3. The lowest BCUT2D eigenvalue weighted by atomic mass is 9.72. The van der Waals surface area contributed by atoms with Gasteiger partial charge in [-0.15, -0.1) is 0 Å². The normalized spacial score (nSPS) is 28.9. The summed E-state index contributed by atoms with van der Waals surface area (Å²) in [5.41, 5.74) is -0.0662. The Balaban J connectivity index is 2.38. The standard InChI is InChI=1S/C13H17NO3/c1-17-13(12(15)16)7-3-2-4-11(13)10-5-8-14-9-6-10/h5-6,8-9,11H,2-4,7H2,1H3,(H,15,16). The van der Waals surface area contributed by atoms with E-state index in [0.717, 1.165) is 24.8 Å². The van der Waals surface area contributed by atoms with Crippen molar-refractivity contribution in [1.82, 2.24) is 4.98 Å². The molecule has 1 aliphatic rings. The zero-order chi connectivity index (χ0) is 12.3. The predicted octanol–water partition coefficient (Wildman–Crippen LogP) is 2.21. The highest BCUT2D eigenvalue weighted by Crippen LogP contribution is 2.43. The number of carbonyl (C=O) groups is 1. The summed E-state index contributed by atoms with van der Waals surface area (Å²) >= 11 is 0. The molecule has 2 atom stereocenters. The van der Waals surface area contributed by atoms with Crippen LogP contribution in [0.25, 0.3) is 0 Å². The molecule has 1 aromatic rings. The molecule has 1 saturated carbocycles. The third-order valence-electron chi connectivity index (χ3n) is 3.69. The second-order valence-corrected chi connectivity index (χ2v) is 4.48. The summed E-state index contributed by atoms with van der Waals surface area (Å²) in [6, 6.07) is 3.76. The summed E-state index contributed by atoms with van der Waals surface area (Å²) in [6.07, 6.45) is 6.78. The van der Waals surface area contributed by atoms with Crippen molar-refractivity contribution in [3.8, 4) is 0 Å². The summed E-state index contributed by atoms with van der Waals surface area (Å²) in [6.45, 7) is 0. The maximum absolute atomic E-state index is 11.6. The van der Waals surface area contributed by atoms with Crippen LogP contribution >= 0.6 is 0 Å². The van der Waals surface area contributed by atoms with Gasteiger partial charge in [-0.3, -0.25) is 4.98 Å². The van der Waals surface area contributed by atoms with Crippen LogP contribution < -0.4 is 0 Å². The van der Waals surface area contributed by atoms with E-state index in [0.29, 0.717) is 6.42 Å². The largest absolute Gasteiger partial charge is 0.479 e. The Morgan fingerprint density at radius 3 is 2.76 bits per heavy atom. The summed E-state index contributed by atoms with van der Waals surface area (Å²) < 4.78 is 5.39. The van der Waals surface area contributed by atoms with Gasteiger partial charge >= 0.3 is 5.97 Å². The molecule has 0 saturated heterocycles. The van der Waals surface area contributed by atoms with E-state index in [1.54, 1.807) is 12.4 Å². The van der Waals surface area contributed by atoms with Gasteiger partial charge in [0.25, 0.3) is 0 Å². The molecule has 1 fully saturated rings. The van der Waals surface area contributed by atoms with Crippen LogP contribution in [0.5, 0.6) is 0 Å². The zero-order valence-electron chi connectivity index (χ0n) is 9.93. The minimum absolute atomic E-state index is 0.0817. The van der Waals surface area contributed by atoms with E-state index in [9.17, 15) is 9.90 Å². The van der Waals surface area contributed by atoms with Crippen LogP contribution in [-0.4, -0.2) is 28.8 Å². The lowest BCUT2D eigenvalue weighted by Gasteiger charge is -2.39. The van der Waals surface area contributed by atoms with Crippen molar-refractivity contribution in [3.05, 3.63) is 30.1 Å². The first-order valence-electron chi connectivity index (χ1n) is 5.89. The third kappa shape index (κ3) is 2.05. The number of pyridine rings is 1. The fraction of sp³-hybridized carbons (Fsp3) is 0.538. The second kappa shape index (κ2) is 4.84.